The van der Waals surface area contributed by atoms with E-state index in [1.807, 2.05) is 6.07 Å². The van der Waals surface area contributed by atoms with Crippen LogP contribution in [0.5, 0.6) is 0 Å². The van der Waals surface area contributed by atoms with Crippen molar-refractivity contribution in [2.24, 2.45) is 10.9 Å². The first kappa shape index (κ1) is 23.9. The monoisotopic (exact) mass is 513 g/mol. The lowest BCUT2D eigenvalue weighted by atomic mass is 9.84. The summed E-state index contributed by atoms with van der Waals surface area (Å²) in [7, 11) is 0. The molecule has 1 saturated heterocycles. The first-order chi connectivity index (χ1) is 13.8. The van der Waals surface area contributed by atoms with Crippen molar-refractivity contribution in [3.05, 3.63) is 35.9 Å². The molecule has 1 aromatic rings. The minimum Gasteiger partial charge on any atom is -0.357 e. The van der Waals surface area contributed by atoms with Gasteiger partial charge in [-0.2, -0.15) is 0 Å². The molecule has 2 fully saturated rings. The zero-order valence-corrected chi connectivity index (χ0v) is 19.9. The van der Waals surface area contributed by atoms with E-state index in [1.54, 1.807) is 0 Å². The maximum atomic E-state index is 12.3. The van der Waals surface area contributed by atoms with E-state index in [9.17, 15) is 4.79 Å². The van der Waals surface area contributed by atoms with Gasteiger partial charge < -0.3 is 15.5 Å². The molecule has 3 rings (SSSR count). The van der Waals surface area contributed by atoms with Crippen LogP contribution in [0.1, 0.15) is 31.7 Å². The van der Waals surface area contributed by atoms with Crippen LogP contribution in [0, 0.1) is 5.92 Å². The molecule has 1 heterocycles. The van der Waals surface area contributed by atoms with Crippen LogP contribution in [0.15, 0.2) is 35.3 Å². The predicted octanol–water partition coefficient (Wildman–Crippen LogP) is 2.35. The number of hydrogen-bond donors (Lipinski definition) is 2. The quantitative estimate of drug-likeness (QED) is 0.319. The third kappa shape index (κ3) is 7.77. The summed E-state index contributed by atoms with van der Waals surface area (Å²) in [5, 5.41) is 6.74. The van der Waals surface area contributed by atoms with Crippen molar-refractivity contribution < 1.29 is 4.79 Å². The number of benzene rings is 1. The standard InChI is InChI=1S/C22H35N5O.HI/c1-2-23-22(24-12-11-19-7-4-3-5-8-19)25-13-14-26-15-17-27(18-16-26)21(28)20-9-6-10-20;/h3-5,7-8,20H,2,6,9-18H2,1H3,(H2,23,24,25);1H. The van der Waals surface area contributed by atoms with Crippen molar-refractivity contribution in [1.82, 2.24) is 20.4 Å². The number of halogens is 1. The van der Waals surface area contributed by atoms with Gasteiger partial charge in [0, 0.05) is 51.7 Å². The predicted molar refractivity (Wildman–Crippen MR) is 130 cm³/mol. The SMILES string of the molecule is CCNC(=NCCN1CCN(C(=O)C2CCC2)CC1)NCCc1ccccc1.I. The number of amides is 1. The third-order valence-corrected chi connectivity index (χ3v) is 5.72. The van der Waals surface area contributed by atoms with Gasteiger partial charge in [0.2, 0.25) is 5.91 Å². The molecule has 1 saturated carbocycles. The van der Waals surface area contributed by atoms with Gasteiger partial charge in [-0.15, -0.1) is 24.0 Å². The van der Waals surface area contributed by atoms with E-state index < -0.39 is 0 Å². The molecule has 1 aromatic carbocycles. The molecule has 162 valence electrons. The maximum Gasteiger partial charge on any atom is 0.225 e. The lowest BCUT2D eigenvalue weighted by Gasteiger charge is -2.38. The second-order valence-corrected chi connectivity index (χ2v) is 7.72. The molecule has 7 heteroatoms. The largest absolute Gasteiger partial charge is 0.357 e. The van der Waals surface area contributed by atoms with Crippen LogP contribution in [0.2, 0.25) is 0 Å². The average Bonchev–Trinajstić information content (AvgIpc) is 2.68. The lowest BCUT2D eigenvalue weighted by molar-refractivity contribution is -0.139. The van der Waals surface area contributed by atoms with Crippen LogP contribution in [0.3, 0.4) is 0 Å². The van der Waals surface area contributed by atoms with E-state index in [-0.39, 0.29) is 24.0 Å². The molecule has 0 aromatic heterocycles. The van der Waals surface area contributed by atoms with Gasteiger partial charge in [-0.25, -0.2) is 0 Å². The third-order valence-electron chi connectivity index (χ3n) is 5.72. The van der Waals surface area contributed by atoms with Crippen molar-refractivity contribution in [3.8, 4) is 0 Å². The number of hydrogen-bond acceptors (Lipinski definition) is 3. The van der Waals surface area contributed by atoms with Crippen molar-refractivity contribution in [2.45, 2.75) is 32.6 Å². The molecule has 1 aliphatic carbocycles. The molecule has 0 spiro atoms. The number of carbonyl (C=O) groups is 1. The van der Waals surface area contributed by atoms with E-state index >= 15 is 0 Å². The Morgan fingerprint density at radius 1 is 1.10 bits per heavy atom. The summed E-state index contributed by atoms with van der Waals surface area (Å²) < 4.78 is 0. The van der Waals surface area contributed by atoms with Gasteiger partial charge in [0.15, 0.2) is 5.96 Å². The highest BCUT2D eigenvalue weighted by molar-refractivity contribution is 14.0. The first-order valence-electron chi connectivity index (χ1n) is 10.8. The zero-order chi connectivity index (χ0) is 19.6. The maximum absolute atomic E-state index is 12.3. The Labute approximate surface area is 192 Å². The van der Waals surface area contributed by atoms with Gasteiger partial charge >= 0.3 is 0 Å². The van der Waals surface area contributed by atoms with E-state index in [0.717, 1.165) is 77.6 Å². The van der Waals surface area contributed by atoms with Gasteiger partial charge in [-0.05, 0) is 31.7 Å². The molecular weight excluding hydrogens is 477 g/mol. The summed E-state index contributed by atoms with van der Waals surface area (Å²) in [5.74, 6) is 1.60. The van der Waals surface area contributed by atoms with Crippen molar-refractivity contribution in [1.29, 1.82) is 0 Å². The summed E-state index contributed by atoms with van der Waals surface area (Å²) in [4.78, 5) is 21.5. The lowest BCUT2D eigenvalue weighted by Crippen LogP contribution is -2.51. The highest BCUT2D eigenvalue weighted by Crippen LogP contribution is 2.28. The molecule has 1 amide bonds. The number of nitrogens with zero attached hydrogens (tertiary/aromatic N) is 3. The fraction of sp³-hybridized carbons (Fsp3) is 0.636. The topological polar surface area (TPSA) is 60.0 Å². The van der Waals surface area contributed by atoms with Gasteiger partial charge in [0.1, 0.15) is 0 Å². The summed E-state index contributed by atoms with van der Waals surface area (Å²) in [6.45, 7) is 9.21. The zero-order valence-electron chi connectivity index (χ0n) is 17.6. The summed E-state index contributed by atoms with van der Waals surface area (Å²) in [5.41, 5.74) is 1.33. The minimum absolute atomic E-state index is 0. The number of carbonyl (C=O) groups excluding carboxylic acids is 1. The van der Waals surface area contributed by atoms with Gasteiger partial charge in [0.05, 0.1) is 6.54 Å². The Hall–Kier alpha value is -1.35. The van der Waals surface area contributed by atoms with Crippen molar-refractivity contribution >= 4 is 35.8 Å². The van der Waals surface area contributed by atoms with E-state index in [2.05, 4.69) is 51.6 Å². The van der Waals surface area contributed by atoms with E-state index in [4.69, 9.17) is 4.99 Å². The molecule has 2 aliphatic rings. The van der Waals surface area contributed by atoms with Crippen LogP contribution < -0.4 is 10.6 Å². The Kier molecular flexibility index (Phi) is 10.8. The number of piperazine rings is 1. The van der Waals surface area contributed by atoms with Crippen LogP contribution in [0.25, 0.3) is 0 Å². The number of rotatable bonds is 8. The fourth-order valence-electron chi connectivity index (χ4n) is 3.72. The second-order valence-electron chi connectivity index (χ2n) is 7.72. The number of nitrogens with one attached hydrogen (secondary N) is 2. The Morgan fingerprint density at radius 3 is 2.45 bits per heavy atom. The molecular formula is C22H36IN5O. The molecule has 6 nitrogen and oxygen atoms in total. The van der Waals surface area contributed by atoms with Crippen molar-refractivity contribution in [2.75, 3.05) is 52.4 Å². The molecule has 1 aliphatic heterocycles. The second kappa shape index (κ2) is 13.1. The van der Waals surface area contributed by atoms with Gasteiger partial charge in [0.25, 0.3) is 0 Å². The molecule has 0 bridgehead atoms. The first-order valence-corrected chi connectivity index (χ1v) is 10.8. The molecule has 2 N–H and O–H groups in total. The smallest absolute Gasteiger partial charge is 0.225 e. The van der Waals surface area contributed by atoms with Crippen LogP contribution in [-0.4, -0.2) is 74.0 Å². The van der Waals surface area contributed by atoms with Crippen LogP contribution >= 0.6 is 24.0 Å². The highest BCUT2D eigenvalue weighted by atomic mass is 127. The van der Waals surface area contributed by atoms with Gasteiger partial charge in [-0.3, -0.25) is 14.7 Å². The van der Waals surface area contributed by atoms with Gasteiger partial charge in [-0.1, -0.05) is 36.8 Å². The molecule has 0 radical (unpaired) electrons. The fourth-order valence-corrected chi connectivity index (χ4v) is 3.72. The van der Waals surface area contributed by atoms with Crippen LogP contribution in [0.4, 0.5) is 0 Å². The highest BCUT2D eigenvalue weighted by Gasteiger charge is 2.30. The average molecular weight is 513 g/mol. The van der Waals surface area contributed by atoms with Crippen molar-refractivity contribution in [3.63, 3.8) is 0 Å². The Morgan fingerprint density at radius 2 is 1.83 bits per heavy atom. The summed E-state index contributed by atoms with van der Waals surface area (Å²) >= 11 is 0. The summed E-state index contributed by atoms with van der Waals surface area (Å²) in [6.07, 6.45) is 4.40. The number of aliphatic imine (C=N–C) groups is 1. The normalized spacial score (nSPS) is 18.0. The minimum atomic E-state index is 0. The van der Waals surface area contributed by atoms with E-state index in [0.29, 0.717) is 11.8 Å². The summed E-state index contributed by atoms with van der Waals surface area (Å²) in [6, 6.07) is 10.5. The molecule has 29 heavy (non-hydrogen) atoms. The Bertz CT molecular complexity index is 627. The molecule has 0 atom stereocenters. The Balaban J connectivity index is 0.00000300. The van der Waals surface area contributed by atoms with E-state index in [1.165, 1.54) is 12.0 Å². The number of guanidine groups is 1. The molecule has 0 unspecified atom stereocenters. The van der Waals surface area contributed by atoms with Crippen LogP contribution in [-0.2, 0) is 11.2 Å².